The summed E-state index contributed by atoms with van der Waals surface area (Å²) in [7, 11) is 3.97. The highest BCUT2D eigenvalue weighted by Gasteiger charge is 2.15. The van der Waals surface area contributed by atoms with Crippen molar-refractivity contribution in [3.8, 4) is 11.4 Å². The maximum absolute atomic E-state index is 12.5. The number of fused-ring (bicyclic) bond motifs is 1. The zero-order valence-electron chi connectivity index (χ0n) is 14.3. The van der Waals surface area contributed by atoms with E-state index < -0.39 is 0 Å². The van der Waals surface area contributed by atoms with E-state index in [0.717, 1.165) is 34.5 Å². The van der Waals surface area contributed by atoms with Crippen LogP contribution < -0.4 is 5.32 Å². The second-order valence-electron chi connectivity index (χ2n) is 6.16. The van der Waals surface area contributed by atoms with E-state index in [9.17, 15) is 4.79 Å². The lowest BCUT2D eigenvalue weighted by Crippen LogP contribution is -2.31. The summed E-state index contributed by atoms with van der Waals surface area (Å²) < 4.78 is 0. The number of nitrogens with one attached hydrogen (secondary N) is 2. The minimum absolute atomic E-state index is 0.0786. The number of aromatic nitrogens is 2. The Labute approximate surface area is 141 Å². The Morgan fingerprint density at radius 2 is 1.92 bits per heavy atom. The molecule has 0 aliphatic carbocycles. The van der Waals surface area contributed by atoms with E-state index in [0.29, 0.717) is 12.1 Å². The van der Waals surface area contributed by atoms with Crippen molar-refractivity contribution in [1.82, 2.24) is 20.2 Å². The minimum atomic E-state index is -0.0786. The van der Waals surface area contributed by atoms with Crippen molar-refractivity contribution in [1.29, 1.82) is 0 Å². The Bertz CT molecular complexity index is 852. The van der Waals surface area contributed by atoms with Crippen molar-refractivity contribution in [2.45, 2.75) is 6.92 Å². The van der Waals surface area contributed by atoms with Crippen molar-refractivity contribution in [2.24, 2.45) is 0 Å². The average Bonchev–Trinajstić information content (AvgIpc) is 3.01. The molecule has 1 amide bonds. The Morgan fingerprint density at radius 1 is 1.17 bits per heavy atom. The Morgan fingerprint density at radius 3 is 2.62 bits per heavy atom. The molecule has 0 aliphatic heterocycles. The lowest BCUT2D eigenvalue weighted by molar-refractivity contribution is 0.0952. The number of likely N-dealkylation sites (N-methyl/N-ethyl adjacent to an activating group) is 1. The highest BCUT2D eigenvalue weighted by molar-refractivity contribution is 6.06. The van der Waals surface area contributed by atoms with Crippen LogP contribution in [-0.2, 0) is 0 Å². The number of aryl methyl sites for hydroxylation is 1. The van der Waals surface area contributed by atoms with Gasteiger partial charge in [0.2, 0.25) is 0 Å². The fraction of sp³-hybridized carbons (Fsp3) is 0.263. The van der Waals surface area contributed by atoms with Gasteiger partial charge in [-0.25, -0.2) is 4.98 Å². The van der Waals surface area contributed by atoms with Crippen LogP contribution in [0.3, 0.4) is 0 Å². The molecule has 5 heteroatoms. The third-order valence-corrected chi connectivity index (χ3v) is 3.98. The topological polar surface area (TPSA) is 61.0 Å². The molecule has 5 nitrogen and oxygen atoms in total. The zero-order chi connectivity index (χ0) is 17.1. The van der Waals surface area contributed by atoms with Crippen molar-refractivity contribution in [2.75, 3.05) is 27.2 Å². The lowest BCUT2D eigenvalue weighted by atomic mass is 10.1. The summed E-state index contributed by atoms with van der Waals surface area (Å²) in [4.78, 5) is 22.6. The third-order valence-electron chi connectivity index (χ3n) is 3.98. The van der Waals surface area contributed by atoms with E-state index in [1.54, 1.807) is 0 Å². The van der Waals surface area contributed by atoms with E-state index in [2.05, 4.69) is 10.3 Å². The molecule has 0 saturated carbocycles. The largest absolute Gasteiger partial charge is 0.351 e. The first kappa shape index (κ1) is 16.2. The molecule has 2 N–H and O–H groups in total. The number of benzene rings is 2. The molecule has 1 aromatic heterocycles. The first-order valence-corrected chi connectivity index (χ1v) is 8.04. The number of carbonyl (C=O) groups is 1. The number of nitrogens with zero attached hydrogens (tertiary/aromatic N) is 2. The van der Waals surface area contributed by atoms with Crippen LogP contribution in [0.15, 0.2) is 42.5 Å². The molecule has 3 rings (SSSR count). The van der Waals surface area contributed by atoms with Crippen LogP contribution in [0.5, 0.6) is 0 Å². The number of hydrogen-bond donors (Lipinski definition) is 2. The van der Waals surface area contributed by atoms with Gasteiger partial charge >= 0.3 is 0 Å². The molecule has 2 aromatic carbocycles. The van der Waals surface area contributed by atoms with E-state index >= 15 is 0 Å². The van der Waals surface area contributed by atoms with Crippen LogP contribution >= 0.6 is 0 Å². The van der Waals surface area contributed by atoms with Crippen molar-refractivity contribution in [3.05, 3.63) is 53.6 Å². The van der Waals surface area contributed by atoms with E-state index in [4.69, 9.17) is 4.98 Å². The van der Waals surface area contributed by atoms with Crippen LogP contribution in [0.1, 0.15) is 15.9 Å². The van der Waals surface area contributed by atoms with Crippen molar-refractivity contribution in [3.63, 3.8) is 0 Å². The highest BCUT2D eigenvalue weighted by atomic mass is 16.1. The van der Waals surface area contributed by atoms with Gasteiger partial charge in [0.15, 0.2) is 0 Å². The van der Waals surface area contributed by atoms with Gasteiger partial charge in [-0.05, 0) is 32.6 Å². The summed E-state index contributed by atoms with van der Waals surface area (Å²) in [6.07, 6.45) is 0. The summed E-state index contributed by atoms with van der Waals surface area (Å²) in [5, 5.41) is 2.96. The predicted octanol–water partition coefficient (Wildman–Crippen LogP) is 2.83. The summed E-state index contributed by atoms with van der Waals surface area (Å²) in [5.41, 5.74) is 4.31. The number of carbonyl (C=O) groups excluding carboxylic acids is 1. The SMILES string of the molecule is Cc1ccc(C(=O)NCCN(C)C)c2[nH]c(-c3ccccc3)nc12. The third kappa shape index (κ3) is 3.31. The molecular weight excluding hydrogens is 300 g/mol. The van der Waals surface area contributed by atoms with Crippen LogP contribution in [0.2, 0.25) is 0 Å². The summed E-state index contributed by atoms with van der Waals surface area (Å²) in [5.74, 6) is 0.701. The zero-order valence-corrected chi connectivity index (χ0v) is 14.3. The molecule has 3 aromatic rings. The van der Waals surface area contributed by atoms with Crippen LogP contribution in [0, 0.1) is 6.92 Å². The number of hydrogen-bond acceptors (Lipinski definition) is 3. The summed E-state index contributed by atoms with van der Waals surface area (Å²) in [6.45, 7) is 3.42. The van der Waals surface area contributed by atoms with Crippen molar-refractivity contribution < 1.29 is 4.79 Å². The van der Waals surface area contributed by atoms with Gasteiger partial charge in [0, 0.05) is 18.7 Å². The quantitative estimate of drug-likeness (QED) is 0.759. The fourth-order valence-electron chi connectivity index (χ4n) is 2.63. The van der Waals surface area contributed by atoms with Gasteiger partial charge in [-0.15, -0.1) is 0 Å². The smallest absolute Gasteiger partial charge is 0.253 e. The van der Waals surface area contributed by atoms with Crippen LogP contribution in [0.4, 0.5) is 0 Å². The van der Waals surface area contributed by atoms with Gasteiger partial charge in [0.25, 0.3) is 5.91 Å². The van der Waals surface area contributed by atoms with Crippen LogP contribution in [0.25, 0.3) is 22.4 Å². The molecule has 0 spiro atoms. The monoisotopic (exact) mass is 322 g/mol. The number of rotatable bonds is 5. The molecule has 0 saturated heterocycles. The summed E-state index contributed by atoms with van der Waals surface area (Å²) >= 11 is 0. The number of H-pyrrole nitrogens is 1. The molecule has 24 heavy (non-hydrogen) atoms. The van der Waals surface area contributed by atoms with E-state index in [-0.39, 0.29) is 5.91 Å². The maximum Gasteiger partial charge on any atom is 0.253 e. The van der Waals surface area contributed by atoms with Gasteiger partial charge in [0.05, 0.1) is 16.6 Å². The molecule has 0 unspecified atom stereocenters. The Hall–Kier alpha value is -2.66. The van der Waals surface area contributed by atoms with Gasteiger partial charge < -0.3 is 15.2 Å². The highest BCUT2D eigenvalue weighted by Crippen LogP contribution is 2.25. The average molecular weight is 322 g/mol. The maximum atomic E-state index is 12.5. The van der Waals surface area contributed by atoms with Crippen molar-refractivity contribution >= 4 is 16.9 Å². The normalized spacial score (nSPS) is 11.2. The summed E-state index contributed by atoms with van der Waals surface area (Å²) in [6, 6.07) is 13.7. The second kappa shape index (κ2) is 6.84. The molecule has 124 valence electrons. The number of imidazole rings is 1. The number of aromatic amines is 1. The minimum Gasteiger partial charge on any atom is -0.351 e. The molecule has 0 atom stereocenters. The van der Waals surface area contributed by atoms with Gasteiger partial charge in [-0.2, -0.15) is 0 Å². The first-order chi connectivity index (χ1) is 11.6. The molecule has 0 bridgehead atoms. The fourth-order valence-corrected chi connectivity index (χ4v) is 2.63. The standard InChI is InChI=1S/C19H22N4O/c1-13-9-10-15(19(24)20-11-12-23(2)3)17-16(13)21-18(22-17)14-7-5-4-6-8-14/h4-10H,11-12H2,1-3H3,(H,20,24)(H,21,22). The van der Waals surface area contributed by atoms with E-state index in [1.807, 2.05) is 68.4 Å². The van der Waals surface area contributed by atoms with Gasteiger partial charge in [-0.3, -0.25) is 4.79 Å². The molecular formula is C19H22N4O. The molecule has 0 aliphatic rings. The van der Waals surface area contributed by atoms with Crippen LogP contribution in [-0.4, -0.2) is 48.0 Å². The predicted molar refractivity (Wildman–Crippen MR) is 97.2 cm³/mol. The van der Waals surface area contributed by atoms with Gasteiger partial charge in [-0.1, -0.05) is 36.4 Å². The molecule has 0 radical (unpaired) electrons. The second-order valence-corrected chi connectivity index (χ2v) is 6.16. The van der Waals surface area contributed by atoms with E-state index in [1.165, 1.54) is 0 Å². The first-order valence-electron chi connectivity index (χ1n) is 8.04. The lowest BCUT2D eigenvalue weighted by Gasteiger charge is -2.11. The Kier molecular flexibility index (Phi) is 4.62. The molecule has 0 fully saturated rings. The molecule has 1 heterocycles. The Balaban J connectivity index is 1.96. The number of amides is 1. The van der Waals surface area contributed by atoms with Gasteiger partial charge in [0.1, 0.15) is 5.82 Å².